The molecular formula is C13H8FN. The van der Waals surface area contributed by atoms with Crippen LogP contribution < -0.4 is 0 Å². The van der Waals surface area contributed by atoms with E-state index in [1.807, 2.05) is 18.2 Å². The molecular weight excluding hydrogens is 189 g/mol. The fraction of sp³-hybridized carbons (Fsp3) is 0. The van der Waals surface area contributed by atoms with Crippen LogP contribution >= 0.6 is 0 Å². The van der Waals surface area contributed by atoms with Crippen LogP contribution in [0.15, 0.2) is 48.7 Å². The largest absolute Gasteiger partial charge is 0.248 e. The molecule has 0 atom stereocenters. The summed E-state index contributed by atoms with van der Waals surface area (Å²) in [6.45, 7) is 0. The molecule has 0 saturated carbocycles. The molecule has 2 rings (SSSR count). The zero-order chi connectivity index (χ0) is 10.5. The minimum atomic E-state index is -0.275. The highest BCUT2D eigenvalue weighted by Crippen LogP contribution is 2.01. The van der Waals surface area contributed by atoms with Gasteiger partial charge in [0.2, 0.25) is 0 Å². The number of nitrogens with zero attached hydrogens (tertiary/aromatic N) is 1. The minimum absolute atomic E-state index is 0.275. The molecule has 72 valence electrons. The van der Waals surface area contributed by atoms with Gasteiger partial charge in [0.15, 0.2) is 0 Å². The van der Waals surface area contributed by atoms with Crippen molar-refractivity contribution in [3.63, 3.8) is 0 Å². The van der Waals surface area contributed by atoms with Gasteiger partial charge in [-0.25, -0.2) is 9.37 Å². The monoisotopic (exact) mass is 197 g/mol. The smallest absolute Gasteiger partial charge is 0.124 e. The lowest BCUT2D eigenvalue weighted by atomic mass is 10.2. The van der Waals surface area contributed by atoms with E-state index in [2.05, 4.69) is 16.8 Å². The van der Waals surface area contributed by atoms with Crippen molar-refractivity contribution < 1.29 is 4.39 Å². The molecule has 0 fully saturated rings. The van der Waals surface area contributed by atoms with Crippen molar-refractivity contribution in [2.24, 2.45) is 0 Å². The Morgan fingerprint density at radius 2 is 1.93 bits per heavy atom. The Balaban J connectivity index is 2.26. The molecule has 0 aliphatic rings. The summed E-state index contributed by atoms with van der Waals surface area (Å²) in [5, 5.41) is 0. The first kappa shape index (κ1) is 9.42. The van der Waals surface area contributed by atoms with Gasteiger partial charge in [0.25, 0.3) is 0 Å². The molecule has 0 N–H and O–H groups in total. The third-order valence-electron chi connectivity index (χ3n) is 1.82. The third kappa shape index (κ3) is 2.65. The zero-order valence-corrected chi connectivity index (χ0v) is 7.94. The summed E-state index contributed by atoms with van der Waals surface area (Å²) >= 11 is 0. The van der Waals surface area contributed by atoms with Crippen LogP contribution in [0.5, 0.6) is 0 Å². The highest BCUT2D eigenvalue weighted by atomic mass is 19.1. The zero-order valence-electron chi connectivity index (χ0n) is 7.94. The molecule has 1 aromatic heterocycles. The fourth-order valence-electron chi connectivity index (χ4n) is 1.14. The Morgan fingerprint density at radius 3 is 2.67 bits per heavy atom. The summed E-state index contributed by atoms with van der Waals surface area (Å²) in [6, 6.07) is 11.7. The van der Waals surface area contributed by atoms with Crippen molar-refractivity contribution >= 4 is 0 Å². The normalized spacial score (nSPS) is 9.13. The minimum Gasteiger partial charge on any atom is -0.248 e. The summed E-state index contributed by atoms with van der Waals surface area (Å²) in [5.41, 5.74) is 1.34. The third-order valence-corrected chi connectivity index (χ3v) is 1.82. The number of pyridine rings is 1. The first-order chi connectivity index (χ1) is 7.34. The number of benzene rings is 1. The van der Waals surface area contributed by atoms with E-state index in [9.17, 15) is 4.39 Å². The van der Waals surface area contributed by atoms with Crippen LogP contribution in [0.4, 0.5) is 4.39 Å². The Hall–Kier alpha value is -2.14. The van der Waals surface area contributed by atoms with Crippen molar-refractivity contribution in [1.82, 2.24) is 4.98 Å². The predicted molar refractivity (Wildman–Crippen MR) is 56.6 cm³/mol. The maximum atomic E-state index is 12.8. The van der Waals surface area contributed by atoms with Crippen molar-refractivity contribution in [2.45, 2.75) is 0 Å². The van der Waals surface area contributed by atoms with E-state index in [1.54, 1.807) is 18.3 Å². The predicted octanol–water partition coefficient (Wildman–Crippen LogP) is 2.62. The molecule has 2 aromatic rings. The summed E-state index contributed by atoms with van der Waals surface area (Å²) in [6.07, 6.45) is 1.68. The maximum Gasteiger partial charge on any atom is 0.124 e. The topological polar surface area (TPSA) is 12.9 Å². The van der Waals surface area contributed by atoms with Gasteiger partial charge in [0, 0.05) is 11.8 Å². The molecule has 0 radical (unpaired) electrons. The summed E-state index contributed by atoms with van der Waals surface area (Å²) in [7, 11) is 0. The Labute approximate surface area is 87.6 Å². The van der Waals surface area contributed by atoms with Crippen LogP contribution in [0.1, 0.15) is 11.3 Å². The Bertz CT molecular complexity index is 509. The number of rotatable bonds is 0. The lowest BCUT2D eigenvalue weighted by Crippen LogP contribution is -1.80. The van der Waals surface area contributed by atoms with Gasteiger partial charge in [-0.05, 0) is 36.3 Å². The maximum absolute atomic E-state index is 12.8. The number of hydrogen-bond acceptors (Lipinski definition) is 1. The van der Waals surface area contributed by atoms with E-state index >= 15 is 0 Å². The van der Waals surface area contributed by atoms with Crippen LogP contribution in [0, 0.1) is 17.7 Å². The van der Waals surface area contributed by atoms with Crippen molar-refractivity contribution in [2.75, 3.05) is 0 Å². The summed E-state index contributed by atoms with van der Waals surface area (Å²) in [5.74, 6) is 5.43. The second kappa shape index (κ2) is 4.39. The second-order valence-electron chi connectivity index (χ2n) is 2.98. The lowest BCUT2D eigenvalue weighted by Gasteiger charge is -1.89. The highest BCUT2D eigenvalue weighted by molar-refractivity contribution is 5.39. The molecule has 0 saturated heterocycles. The van der Waals surface area contributed by atoms with Crippen LogP contribution in [0.3, 0.4) is 0 Å². The Morgan fingerprint density at radius 1 is 1.00 bits per heavy atom. The average Bonchev–Trinajstić information content (AvgIpc) is 2.28. The first-order valence-electron chi connectivity index (χ1n) is 4.53. The van der Waals surface area contributed by atoms with Gasteiger partial charge in [-0.3, -0.25) is 0 Å². The molecule has 0 bridgehead atoms. The van der Waals surface area contributed by atoms with Crippen LogP contribution in [0.25, 0.3) is 0 Å². The van der Waals surface area contributed by atoms with Crippen LogP contribution in [-0.4, -0.2) is 4.98 Å². The molecule has 15 heavy (non-hydrogen) atoms. The van der Waals surface area contributed by atoms with Gasteiger partial charge in [-0.15, -0.1) is 0 Å². The molecule has 0 spiro atoms. The van der Waals surface area contributed by atoms with E-state index in [4.69, 9.17) is 0 Å². The van der Waals surface area contributed by atoms with Gasteiger partial charge in [0.1, 0.15) is 11.5 Å². The standard InChI is InChI=1S/C13H8FN/c14-12-5-3-4-11(10-12)7-8-13-6-1-2-9-15-13/h1-6,9-10H. The molecule has 0 aliphatic carbocycles. The molecule has 1 nitrogen and oxygen atoms in total. The van der Waals surface area contributed by atoms with Crippen molar-refractivity contribution in [1.29, 1.82) is 0 Å². The quantitative estimate of drug-likeness (QED) is 0.591. The van der Waals surface area contributed by atoms with Crippen molar-refractivity contribution in [3.8, 4) is 11.8 Å². The fourth-order valence-corrected chi connectivity index (χ4v) is 1.14. The number of aromatic nitrogens is 1. The van der Waals surface area contributed by atoms with Gasteiger partial charge in [-0.2, -0.15) is 0 Å². The first-order valence-corrected chi connectivity index (χ1v) is 4.53. The van der Waals surface area contributed by atoms with Gasteiger partial charge in [0.05, 0.1) is 0 Å². The van der Waals surface area contributed by atoms with E-state index in [1.165, 1.54) is 12.1 Å². The van der Waals surface area contributed by atoms with Gasteiger partial charge in [-0.1, -0.05) is 18.1 Å². The average molecular weight is 197 g/mol. The van der Waals surface area contributed by atoms with Crippen LogP contribution in [-0.2, 0) is 0 Å². The highest BCUT2D eigenvalue weighted by Gasteiger charge is 1.90. The number of hydrogen-bond donors (Lipinski definition) is 0. The number of halogens is 1. The summed E-state index contributed by atoms with van der Waals surface area (Å²) < 4.78 is 12.8. The van der Waals surface area contributed by atoms with Gasteiger partial charge < -0.3 is 0 Å². The molecule has 0 aliphatic heterocycles. The van der Waals surface area contributed by atoms with Crippen LogP contribution in [0.2, 0.25) is 0 Å². The van der Waals surface area contributed by atoms with Crippen molar-refractivity contribution in [3.05, 3.63) is 65.7 Å². The molecule has 0 amide bonds. The second-order valence-corrected chi connectivity index (χ2v) is 2.98. The molecule has 1 aromatic carbocycles. The van der Waals surface area contributed by atoms with E-state index in [0.29, 0.717) is 11.3 Å². The SMILES string of the molecule is Fc1cccc(C#Cc2ccccn2)c1. The Kier molecular flexibility index (Phi) is 2.75. The summed E-state index contributed by atoms with van der Waals surface area (Å²) in [4.78, 5) is 4.05. The van der Waals surface area contributed by atoms with E-state index in [0.717, 1.165) is 0 Å². The van der Waals surface area contributed by atoms with E-state index < -0.39 is 0 Å². The molecule has 2 heteroatoms. The molecule has 0 unspecified atom stereocenters. The lowest BCUT2D eigenvalue weighted by molar-refractivity contribution is 0.627. The van der Waals surface area contributed by atoms with E-state index in [-0.39, 0.29) is 5.82 Å². The molecule has 1 heterocycles. The van der Waals surface area contributed by atoms with Gasteiger partial charge >= 0.3 is 0 Å².